The first-order chi connectivity index (χ1) is 4.00. The van der Waals surface area contributed by atoms with Crippen LogP contribution < -0.4 is 0 Å². The molecule has 54 valence electrons. The topological polar surface area (TPSA) is 81.3 Å². The molecule has 0 saturated carbocycles. The lowest BCUT2D eigenvalue weighted by atomic mass is 10.3. The van der Waals surface area contributed by atoms with Gasteiger partial charge in [-0.2, -0.15) is 9.47 Å². The van der Waals surface area contributed by atoms with Crippen LogP contribution in [-0.4, -0.2) is 13.3 Å². The fourth-order valence-electron chi connectivity index (χ4n) is 0. The summed E-state index contributed by atoms with van der Waals surface area (Å²) in [7, 11) is 0. The third-order valence-corrected chi connectivity index (χ3v) is 0.258. The van der Waals surface area contributed by atoms with Gasteiger partial charge in [-0.3, -0.25) is 9.11 Å². The lowest BCUT2D eigenvalue weighted by Gasteiger charge is -1.75. The van der Waals surface area contributed by atoms with Gasteiger partial charge in [0.1, 0.15) is 0 Å². The Balaban J connectivity index is 0. The number of rotatable bonds is 0. The second-order valence-corrected chi connectivity index (χ2v) is 1.98. The largest absolute Gasteiger partial charge is 0.299 e. The van der Waals surface area contributed by atoms with E-state index in [1.165, 1.54) is 0 Å². The second kappa shape index (κ2) is 7.56. The highest BCUT2D eigenvalue weighted by Crippen LogP contribution is 1.81. The number of hydrogen-bond acceptors (Lipinski definition) is 2. The molecule has 0 unspecified atom stereocenters. The van der Waals surface area contributed by atoms with E-state index in [-0.39, 0.29) is 5.92 Å². The molecule has 5 heteroatoms. The molecular weight excluding hydrogens is 142 g/mol. The monoisotopic (exact) mass is 151 g/mol. The minimum absolute atomic E-state index is 0.190. The second-order valence-electron chi connectivity index (χ2n) is 1.51. The Hall–Kier alpha value is -0.440. The summed E-state index contributed by atoms with van der Waals surface area (Å²) in [5.41, 5.74) is 0. The van der Waals surface area contributed by atoms with Gasteiger partial charge in [0.05, 0.1) is 6.07 Å². The van der Waals surface area contributed by atoms with E-state index >= 15 is 0 Å². The predicted molar refractivity (Wildman–Crippen MR) is 33.9 cm³/mol. The van der Waals surface area contributed by atoms with Gasteiger partial charge in [0, 0.05) is 5.92 Å². The van der Waals surface area contributed by atoms with Gasteiger partial charge in [-0.15, -0.1) is 0 Å². The quantitative estimate of drug-likeness (QED) is 0.503. The van der Waals surface area contributed by atoms with Crippen LogP contribution in [0.1, 0.15) is 13.8 Å². The number of hydrogen-bond donors (Lipinski definition) is 2. The van der Waals surface area contributed by atoms with Gasteiger partial charge in [-0.1, -0.05) is 0 Å². The fraction of sp³-hybridized carbons (Fsp3) is 0.750. The molecule has 0 aliphatic heterocycles. The highest BCUT2D eigenvalue weighted by molar-refractivity contribution is 7.73. The summed E-state index contributed by atoms with van der Waals surface area (Å²) in [5.74, 6) is 0.190. The molecule has 0 aromatic rings. The average Bonchev–Trinajstić information content (AvgIpc) is 1.65. The molecular formula is C4H9NO3S. The Morgan fingerprint density at radius 3 is 1.67 bits per heavy atom. The molecule has 0 spiro atoms. The molecule has 9 heavy (non-hydrogen) atoms. The SMILES string of the molecule is CC(C)C#N.O=S(O)O. The van der Waals surface area contributed by atoms with Crippen LogP contribution in [0.15, 0.2) is 0 Å². The lowest BCUT2D eigenvalue weighted by molar-refractivity contribution is 0.454. The molecule has 0 bridgehead atoms. The number of nitrogens with zero attached hydrogens (tertiary/aromatic N) is 1. The first-order valence-electron chi connectivity index (χ1n) is 2.20. The molecule has 0 aromatic carbocycles. The van der Waals surface area contributed by atoms with Gasteiger partial charge in [-0.05, 0) is 13.8 Å². The van der Waals surface area contributed by atoms with Crippen LogP contribution >= 0.6 is 0 Å². The van der Waals surface area contributed by atoms with Gasteiger partial charge in [-0.25, -0.2) is 0 Å². The maximum absolute atomic E-state index is 8.67. The van der Waals surface area contributed by atoms with E-state index in [9.17, 15) is 0 Å². The van der Waals surface area contributed by atoms with Crippen molar-refractivity contribution < 1.29 is 13.3 Å². The molecule has 0 amide bonds. The van der Waals surface area contributed by atoms with Crippen LogP contribution in [0.3, 0.4) is 0 Å². The molecule has 0 aliphatic carbocycles. The Bertz CT molecular complexity index is 113. The van der Waals surface area contributed by atoms with Crippen LogP contribution in [0.2, 0.25) is 0 Å². The maximum atomic E-state index is 8.67. The van der Waals surface area contributed by atoms with Crippen molar-refractivity contribution in [1.29, 1.82) is 5.26 Å². The van der Waals surface area contributed by atoms with E-state index in [1.54, 1.807) is 0 Å². The van der Waals surface area contributed by atoms with Gasteiger partial charge >= 0.3 is 0 Å². The van der Waals surface area contributed by atoms with Crippen LogP contribution in [-0.2, 0) is 11.4 Å². The summed E-state index contributed by atoms with van der Waals surface area (Å²) in [5, 5.41) is 7.89. The Morgan fingerprint density at radius 2 is 1.67 bits per heavy atom. The first kappa shape index (κ1) is 11.4. The number of nitriles is 1. The normalized spacial score (nSPS) is 8.11. The van der Waals surface area contributed by atoms with E-state index in [2.05, 4.69) is 0 Å². The van der Waals surface area contributed by atoms with Crippen molar-refractivity contribution in [2.75, 3.05) is 0 Å². The summed E-state index contributed by atoms with van der Waals surface area (Å²) in [4.78, 5) is 0. The van der Waals surface area contributed by atoms with Crippen molar-refractivity contribution in [3.63, 3.8) is 0 Å². The Labute approximate surface area is 56.6 Å². The summed E-state index contributed by atoms with van der Waals surface area (Å²) < 4.78 is 22.8. The molecule has 4 nitrogen and oxygen atoms in total. The van der Waals surface area contributed by atoms with Crippen LogP contribution in [0.25, 0.3) is 0 Å². The van der Waals surface area contributed by atoms with Crippen molar-refractivity contribution in [3.05, 3.63) is 0 Å². The Kier molecular flexibility index (Phi) is 9.55. The molecule has 0 aromatic heterocycles. The molecule has 0 aliphatic rings. The van der Waals surface area contributed by atoms with Crippen molar-refractivity contribution in [2.45, 2.75) is 13.8 Å². The smallest absolute Gasteiger partial charge is 0.284 e. The summed E-state index contributed by atoms with van der Waals surface area (Å²) in [6.07, 6.45) is 0. The minimum atomic E-state index is -2.61. The van der Waals surface area contributed by atoms with E-state index in [0.717, 1.165) is 0 Å². The average molecular weight is 151 g/mol. The van der Waals surface area contributed by atoms with Crippen LogP contribution in [0.5, 0.6) is 0 Å². The lowest BCUT2D eigenvalue weighted by Crippen LogP contribution is -1.74. The molecule has 0 fully saturated rings. The van der Waals surface area contributed by atoms with Crippen molar-refractivity contribution in [2.24, 2.45) is 5.92 Å². The predicted octanol–water partition coefficient (Wildman–Crippen LogP) is 0.847. The molecule has 0 rings (SSSR count). The van der Waals surface area contributed by atoms with Gasteiger partial charge < -0.3 is 0 Å². The van der Waals surface area contributed by atoms with E-state index < -0.39 is 11.4 Å². The van der Waals surface area contributed by atoms with Crippen LogP contribution in [0.4, 0.5) is 0 Å². The van der Waals surface area contributed by atoms with E-state index in [0.29, 0.717) is 0 Å². The molecule has 0 heterocycles. The third kappa shape index (κ3) is 96.0. The Morgan fingerprint density at radius 1 is 1.56 bits per heavy atom. The molecule has 0 saturated heterocycles. The van der Waals surface area contributed by atoms with E-state index in [1.807, 2.05) is 19.9 Å². The highest BCUT2D eigenvalue weighted by Gasteiger charge is 1.78. The third-order valence-electron chi connectivity index (χ3n) is 0.258. The van der Waals surface area contributed by atoms with Crippen molar-refractivity contribution in [3.8, 4) is 6.07 Å². The first-order valence-corrected chi connectivity index (χ1v) is 3.26. The summed E-state index contributed by atoms with van der Waals surface area (Å²) in [6.45, 7) is 3.72. The van der Waals surface area contributed by atoms with Crippen LogP contribution in [0, 0.1) is 17.2 Å². The zero-order chi connectivity index (χ0) is 7.86. The highest BCUT2D eigenvalue weighted by atomic mass is 32.2. The van der Waals surface area contributed by atoms with Crippen molar-refractivity contribution >= 4 is 11.4 Å². The van der Waals surface area contributed by atoms with Crippen molar-refractivity contribution in [1.82, 2.24) is 0 Å². The fourth-order valence-corrected chi connectivity index (χ4v) is 0. The summed E-state index contributed by atoms with van der Waals surface area (Å²) in [6, 6.07) is 2.03. The maximum Gasteiger partial charge on any atom is 0.299 e. The zero-order valence-electron chi connectivity index (χ0n) is 5.24. The van der Waals surface area contributed by atoms with E-state index in [4.69, 9.17) is 18.6 Å². The zero-order valence-corrected chi connectivity index (χ0v) is 6.05. The minimum Gasteiger partial charge on any atom is -0.284 e. The molecule has 0 atom stereocenters. The molecule has 2 N–H and O–H groups in total. The standard InChI is InChI=1S/C4H7N.H2O3S/c1-4(2)3-5;1-4(2)3/h4H,1-2H3;(H2,1,2,3). The van der Waals surface area contributed by atoms with Gasteiger partial charge in [0.15, 0.2) is 0 Å². The van der Waals surface area contributed by atoms with Gasteiger partial charge in [0.25, 0.3) is 11.4 Å². The van der Waals surface area contributed by atoms with Gasteiger partial charge in [0.2, 0.25) is 0 Å². The summed E-state index contributed by atoms with van der Waals surface area (Å²) >= 11 is -2.61. The molecule has 0 radical (unpaired) electrons.